The summed E-state index contributed by atoms with van der Waals surface area (Å²) in [7, 11) is 0. The minimum absolute atomic E-state index is 0.313. The van der Waals surface area contributed by atoms with Crippen molar-refractivity contribution in [3.8, 4) is 0 Å². The van der Waals surface area contributed by atoms with Gasteiger partial charge in [-0.05, 0) is 19.8 Å². The Morgan fingerprint density at radius 3 is 2.47 bits per heavy atom. The summed E-state index contributed by atoms with van der Waals surface area (Å²) >= 11 is 0. The maximum atomic E-state index is 5.43. The fraction of sp³-hybridized carbons (Fsp3) is 1.00. The highest BCUT2D eigenvalue weighted by Gasteiger charge is 2.14. The van der Waals surface area contributed by atoms with Gasteiger partial charge < -0.3 is 18.9 Å². The number of hydrogen-bond acceptors (Lipinski definition) is 4. The molecule has 0 saturated carbocycles. The molecule has 1 aliphatic heterocycles. The van der Waals surface area contributed by atoms with Gasteiger partial charge in [0.1, 0.15) is 0 Å². The molecule has 4 nitrogen and oxygen atoms in total. The molecule has 90 valence electrons. The van der Waals surface area contributed by atoms with Gasteiger partial charge in [0.2, 0.25) is 0 Å². The fourth-order valence-corrected chi connectivity index (χ4v) is 1.47. The van der Waals surface area contributed by atoms with E-state index in [9.17, 15) is 0 Å². The maximum absolute atomic E-state index is 5.43. The molecule has 0 N–H and O–H groups in total. The van der Waals surface area contributed by atoms with Crippen LogP contribution in [-0.4, -0.2) is 52.4 Å². The molecular formula is C11H22O4. The summed E-state index contributed by atoms with van der Waals surface area (Å²) in [5, 5.41) is 0. The van der Waals surface area contributed by atoms with Gasteiger partial charge in [0.05, 0.1) is 39.1 Å². The van der Waals surface area contributed by atoms with E-state index >= 15 is 0 Å². The number of rotatable bonds is 9. The number of ether oxygens (including phenoxy) is 4. The van der Waals surface area contributed by atoms with Crippen LogP contribution in [0.2, 0.25) is 0 Å². The molecule has 0 aromatic carbocycles. The van der Waals surface area contributed by atoms with Gasteiger partial charge in [-0.25, -0.2) is 0 Å². The molecule has 0 spiro atoms. The van der Waals surface area contributed by atoms with E-state index in [-0.39, 0.29) is 0 Å². The second-order valence-corrected chi connectivity index (χ2v) is 3.52. The smallest absolute Gasteiger partial charge is 0.0809 e. The predicted octanol–water partition coefficient (Wildman–Crippen LogP) is 1.24. The maximum Gasteiger partial charge on any atom is 0.0809 e. The zero-order chi connectivity index (χ0) is 10.8. The molecule has 1 saturated heterocycles. The molecule has 1 atom stereocenters. The average Bonchev–Trinajstić information content (AvgIpc) is 2.75. The Balaban J connectivity index is 1.73. The van der Waals surface area contributed by atoms with Gasteiger partial charge in [0.25, 0.3) is 0 Å². The highest BCUT2D eigenvalue weighted by Crippen LogP contribution is 2.11. The van der Waals surface area contributed by atoms with Gasteiger partial charge in [-0.1, -0.05) is 0 Å². The molecule has 4 heteroatoms. The molecule has 0 radical (unpaired) electrons. The minimum Gasteiger partial charge on any atom is -0.379 e. The third-order valence-electron chi connectivity index (χ3n) is 2.28. The van der Waals surface area contributed by atoms with Crippen molar-refractivity contribution in [2.24, 2.45) is 0 Å². The molecule has 1 rings (SSSR count). The van der Waals surface area contributed by atoms with Crippen molar-refractivity contribution in [1.29, 1.82) is 0 Å². The summed E-state index contributed by atoms with van der Waals surface area (Å²) < 4.78 is 21.3. The van der Waals surface area contributed by atoms with Crippen molar-refractivity contribution in [3.63, 3.8) is 0 Å². The van der Waals surface area contributed by atoms with Crippen LogP contribution >= 0.6 is 0 Å². The van der Waals surface area contributed by atoms with Crippen LogP contribution in [0.1, 0.15) is 19.8 Å². The Morgan fingerprint density at radius 2 is 1.80 bits per heavy atom. The third-order valence-corrected chi connectivity index (χ3v) is 2.28. The molecule has 0 aliphatic carbocycles. The van der Waals surface area contributed by atoms with E-state index < -0.39 is 0 Å². The molecule has 0 amide bonds. The first-order valence-corrected chi connectivity index (χ1v) is 5.78. The van der Waals surface area contributed by atoms with E-state index in [4.69, 9.17) is 18.9 Å². The molecule has 0 aromatic heterocycles. The lowest BCUT2D eigenvalue weighted by molar-refractivity contribution is -0.0160. The highest BCUT2D eigenvalue weighted by atomic mass is 16.6. The van der Waals surface area contributed by atoms with E-state index in [1.807, 2.05) is 6.92 Å². The minimum atomic E-state index is 0.313. The van der Waals surface area contributed by atoms with Gasteiger partial charge in [-0.3, -0.25) is 0 Å². The van der Waals surface area contributed by atoms with Gasteiger partial charge in [-0.2, -0.15) is 0 Å². The van der Waals surface area contributed by atoms with Gasteiger partial charge in [0, 0.05) is 13.2 Å². The summed E-state index contributed by atoms with van der Waals surface area (Å²) in [6.07, 6.45) is 2.61. The van der Waals surface area contributed by atoms with Gasteiger partial charge >= 0.3 is 0 Å². The molecule has 15 heavy (non-hydrogen) atoms. The van der Waals surface area contributed by atoms with Crippen molar-refractivity contribution in [3.05, 3.63) is 0 Å². The van der Waals surface area contributed by atoms with Crippen LogP contribution in [0.3, 0.4) is 0 Å². The van der Waals surface area contributed by atoms with Crippen molar-refractivity contribution < 1.29 is 18.9 Å². The second-order valence-electron chi connectivity index (χ2n) is 3.52. The molecule has 1 fully saturated rings. The molecule has 0 aromatic rings. The van der Waals surface area contributed by atoms with Gasteiger partial charge in [-0.15, -0.1) is 0 Å². The largest absolute Gasteiger partial charge is 0.379 e. The topological polar surface area (TPSA) is 36.9 Å². The van der Waals surface area contributed by atoms with Crippen LogP contribution in [0.15, 0.2) is 0 Å². The zero-order valence-corrected chi connectivity index (χ0v) is 9.57. The van der Waals surface area contributed by atoms with E-state index in [1.165, 1.54) is 6.42 Å². The monoisotopic (exact) mass is 218 g/mol. The fourth-order valence-electron chi connectivity index (χ4n) is 1.47. The first-order valence-electron chi connectivity index (χ1n) is 5.78. The van der Waals surface area contributed by atoms with E-state index in [0.717, 1.165) is 19.6 Å². The quantitative estimate of drug-likeness (QED) is 0.546. The molecule has 1 unspecified atom stereocenters. The lowest BCUT2D eigenvalue weighted by Crippen LogP contribution is -2.17. The van der Waals surface area contributed by atoms with Gasteiger partial charge in [0.15, 0.2) is 0 Å². The lowest BCUT2D eigenvalue weighted by Gasteiger charge is -2.10. The molecular weight excluding hydrogens is 196 g/mol. The van der Waals surface area contributed by atoms with Crippen LogP contribution in [0.4, 0.5) is 0 Å². The normalized spacial score (nSPS) is 21.0. The summed E-state index contributed by atoms with van der Waals surface area (Å²) in [5.41, 5.74) is 0. The Bertz CT molecular complexity index is 135. The Kier molecular flexibility index (Phi) is 7.83. The molecule has 1 heterocycles. The highest BCUT2D eigenvalue weighted by molar-refractivity contribution is 4.63. The Hall–Kier alpha value is -0.160. The third kappa shape index (κ3) is 6.84. The molecule has 0 bridgehead atoms. The SMILES string of the molecule is CCOCCOCCOCC1CCCO1. The Labute approximate surface area is 91.8 Å². The van der Waals surface area contributed by atoms with Crippen molar-refractivity contribution in [1.82, 2.24) is 0 Å². The summed E-state index contributed by atoms with van der Waals surface area (Å²) in [5.74, 6) is 0. The summed E-state index contributed by atoms with van der Waals surface area (Å²) in [4.78, 5) is 0. The van der Waals surface area contributed by atoms with E-state index in [0.29, 0.717) is 39.1 Å². The van der Waals surface area contributed by atoms with Crippen molar-refractivity contribution in [2.75, 3.05) is 46.2 Å². The van der Waals surface area contributed by atoms with Crippen LogP contribution in [0.5, 0.6) is 0 Å². The van der Waals surface area contributed by atoms with E-state index in [1.54, 1.807) is 0 Å². The average molecular weight is 218 g/mol. The molecule has 1 aliphatic rings. The zero-order valence-electron chi connectivity index (χ0n) is 9.57. The lowest BCUT2D eigenvalue weighted by atomic mass is 10.2. The predicted molar refractivity (Wildman–Crippen MR) is 57.1 cm³/mol. The Morgan fingerprint density at radius 1 is 1.07 bits per heavy atom. The van der Waals surface area contributed by atoms with Crippen LogP contribution in [0, 0.1) is 0 Å². The van der Waals surface area contributed by atoms with Crippen LogP contribution < -0.4 is 0 Å². The number of hydrogen-bond donors (Lipinski definition) is 0. The van der Waals surface area contributed by atoms with E-state index in [2.05, 4.69) is 0 Å². The summed E-state index contributed by atoms with van der Waals surface area (Å²) in [6, 6.07) is 0. The van der Waals surface area contributed by atoms with Crippen LogP contribution in [0.25, 0.3) is 0 Å². The van der Waals surface area contributed by atoms with Crippen molar-refractivity contribution in [2.45, 2.75) is 25.9 Å². The summed E-state index contributed by atoms with van der Waals surface area (Å²) in [6.45, 7) is 6.92. The first kappa shape index (κ1) is 12.9. The first-order chi connectivity index (χ1) is 7.43. The van der Waals surface area contributed by atoms with Crippen LogP contribution in [-0.2, 0) is 18.9 Å². The second kappa shape index (κ2) is 9.09. The standard InChI is InChI=1S/C11H22O4/c1-2-12-6-7-13-8-9-14-10-11-4-3-5-15-11/h11H,2-10H2,1H3. The van der Waals surface area contributed by atoms with Crippen molar-refractivity contribution >= 4 is 0 Å².